The van der Waals surface area contributed by atoms with Crippen molar-refractivity contribution in [1.82, 2.24) is 15.6 Å². The van der Waals surface area contributed by atoms with Crippen molar-refractivity contribution in [2.45, 2.75) is 20.0 Å². The molecule has 1 aromatic carbocycles. The van der Waals surface area contributed by atoms with Crippen LogP contribution < -0.4 is 15.5 Å². The molecule has 7 nitrogen and oxygen atoms in total. The third kappa shape index (κ3) is 7.42. The van der Waals surface area contributed by atoms with Gasteiger partial charge in [0.1, 0.15) is 5.75 Å². The number of methoxy groups -OCH3 is 2. The van der Waals surface area contributed by atoms with Crippen molar-refractivity contribution < 1.29 is 14.2 Å². The van der Waals surface area contributed by atoms with E-state index in [1.165, 1.54) is 0 Å². The van der Waals surface area contributed by atoms with E-state index in [1.54, 1.807) is 14.2 Å². The van der Waals surface area contributed by atoms with Gasteiger partial charge >= 0.3 is 0 Å². The fourth-order valence-corrected chi connectivity index (χ4v) is 2.99. The Balaban J connectivity index is 1.76. The van der Waals surface area contributed by atoms with Crippen LogP contribution in [0.25, 0.3) is 0 Å². The maximum absolute atomic E-state index is 5.35. The van der Waals surface area contributed by atoms with E-state index in [0.717, 1.165) is 68.4 Å². The van der Waals surface area contributed by atoms with Gasteiger partial charge in [0.05, 0.1) is 32.6 Å². The van der Waals surface area contributed by atoms with Gasteiger partial charge in [-0.1, -0.05) is 0 Å². The van der Waals surface area contributed by atoms with Crippen LogP contribution >= 0.6 is 12.2 Å². The summed E-state index contributed by atoms with van der Waals surface area (Å²) in [5, 5.41) is 8.10. The Morgan fingerprint density at radius 1 is 1.30 bits per heavy atom. The number of hydrazone groups is 1. The van der Waals surface area contributed by atoms with Crippen molar-refractivity contribution in [3.05, 3.63) is 29.3 Å². The van der Waals surface area contributed by atoms with Crippen molar-refractivity contribution in [2.24, 2.45) is 5.10 Å². The first-order chi connectivity index (χ1) is 13.1. The third-order valence-electron chi connectivity index (χ3n) is 4.36. The maximum atomic E-state index is 5.35. The highest BCUT2D eigenvalue weighted by atomic mass is 32.1. The largest absolute Gasteiger partial charge is 0.496 e. The number of rotatable bonds is 9. The monoisotopic (exact) mass is 394 g/mol. The molecular formula is C19H30N4O3S. The molecule has 0 saturated carbocycles. The summed E-state index contributed by atoms with van der Waals surface area (Å²) in [6.07, 6.45) is 1.03. The Labute approximate surface area is 167 Å². The first-order valence-corrected chi connectivity index (χ1v) is 9.59. The number of benzene rings is 1. The average Bonchev–Trinajstić information content (AvgIpc) is 2.70. The van der Waals surface area contributed by atoms with Crippen LogP contribution in [0, 0.1) is 0 Å². The number of nitrogens with zero attached hydrogens (tertiary/aromatic N) is 2. The number of hydrogen-bond acceptors (Lipinski definition) is 6. The summed E-state index contributed by atoms with van der Waals surface area (Å²) in [5.74, 6) is 0.804. The Hall–Kier alpha value is -1.74. The molecule has 0 bridgehead atoms. The Morgan fingerprint density at radius 3 is 2.78 bits per heavy atom. The van der Waals surface area contributed by atoms with Gasteiger partial charge in [0.2, 0.25) is 0 Å². The molecule has 0 aliphatic carbocycles. The van der Waals surface area contributed by atoms with E-state index in [-0.39, 0.29) is 0 Å². The van der Waals surface area contributed by atoms with Crippen LogP contribution in [-0.2, 0) is 16.1 Å². The highest BCUT2D eigenvalue weighted by Crippen LogP contribution is 2.21. The quantitative estimate of drug-likeness (QED) is 0.286. The van der Waals surface area contributed by atoms with E-state index in [9.17, 15) is 0 Å². The van der Waals surface area contributed by atoms with E-state index < -0.39 is 0 Å². The smallest absolute Gasteiger partial charge is 0.186 e. The van der Waals surface area contributed by atoms with Gasteiger partial charge < -0.3 is 19.5 Å². The predicted octanol–water partition coefficient (Wildman–Crippen LogP) is 1.75. The van der Waals surface area contributed by atoms with Crippen molar-refractivity contribution >= 4 is 23.0 Å². The molecule has 1 heterocycles. The summed E-state index contributed by atoms with van der Waals surface area (Å²) >= 11 is 5.30. The molecule has 0 aromatic heterocycles. The fraction of sp³-hybridized carbons (Fsp3) is 0.579. The van der Waals surface area contributed by atoms with Crippen LogP contribution in [0.4, 0.5) is 0 Å². The van der Waals surface area contributed by atoms with Gasteiger partial charge in [-0.15, -0.1) is 0 Å². The molecule has 0 amide bonds. The van der Waals surface area contributed by atoms with E-state index in [2.05, 4.69) is 20.7 Å². The topological polar surface area (TPSA) is 67.4 Å². The lowest BCUT2D eigenvalue weighted by Gasteiger charge is -2.26. The van der Waals surface area contributed by atoms with Crippen molar-refractivity contribution in [3.8, 4) is 5.75 Å². The highest BCUT2D eigenvalue weighted by Gasteiger charge is 2.09. The summed E-state index contributed by atoms with van der Waals surface area (Å²) in [6.45, 7) is 7.98. The SMILES string of the molecule is COCc1cc(/C(C)=N\NC(=S)NCCCN2CCOCC2)ccc1OC. The molecule has 8 heteroatoms. The second-order valence-electron chi connectivity index (χ2n) is 6.33. The van der Waals surface area contributed by atoms with Crippen LogP contribution in [0.3, 0.4) is 0 Å². The molecule has 150 valence electrons. The van der Waals surface area contributed by atoms with Gasteiger partial charge in [-0.25, -0.2) is 0 Å². The summed E-state index contributed by atoms with van der Waals surface area (Å²) in [5.41, 5.74) is 5.73. The molecule has 0 atom stereocenters. The zero-order chi connectivity index (χ0) is 19.5. The van der Waals surface area contributed by atoms with Gasteiger partial charge in [-0.3, -0.25) is 10.3 Å². The van der Waals surface area contributed by atoms with Crippen LogP contribution in [0.1, 0.15) is 24.5 Å². The van der Waals surface area contributed by atoms with E-state index >= 15 is 0 Å². The lowest BCUT2D eigenvalue weighted by molar-refractivity contribution is 0.0376. The lowest BCUT2D eigenvalue weighted by Crippen LogP contribution is -2.39. The zero-order valence-electron chi connectivity index (χ0n) is 16.4. The molecule has 1 saturated heterocycles. The van der Waals surface area contributed by atoms with Crippen LogP contribution in [-0.4, -0.2) is 69.3 Å². The average molecular weight is 395 g/mol. The lowest BCUT2D eigenvalue weighted by atomic mass is 10.1. The van der Waals surface area contributed by atoms with Crippen molar-refractivity contribution in [1.29, 1.82) is 0 Å². The molecule has 0 unspecified atom stereocenters. The van der Waals surface area contributed by atoms with E-state index in [4.69, 9.17) is 26.4 Å². The zero-order valence-corrected chi connectivity index (χ0v) is 17.2. The van der Waals surface area contributed by atoms with Crippen molar-refractivity contribution in [2.75, 3.05) is 53.6 Å². The van der Waals surface area contributed by atoms with Crippen LogP contribution in [0.2, 0.25) is 0 Å². The molecule has 1 aromatic rings. The highest BCUT2D eigenvalue weighted by molar-refractivity contribution is 7.80. The maximum Gasteiger partial charge on any atom is 0.186 e. The molecule has 1 aliphatic rings. The Kier molecular flexibility index (Phi) is 9.47. The minimum atomic E-state index is 0.487. The molecule has 1 aliphatic heterocycles. The molecule has 2 rings (SSSR count). The number of thiocarbonyl (C=S) groups is 1. The number of morpholine rings is 1. The normalized spacial score (nSPS) is 15.4. The van der Waals surface area contributed by atoms with E-state index in [0.29, 0.717) is 11.7 Å². The second-order valence-corrected chi connectivity index (χ2v) is 6.74. The summed E-state index contributed by atoms with van der Waals surface area (Å²) in [4.78, 5) is 2.41. The van der Waals surface area contributed by atoms with Gasteiger partial charge in [-0.2, -0.15) is 5.10 Å². The van der Waals surface area contributed by atoms with Gasteiger partial charge in [0, 0.05) is 32.3 Å². The number of ether oxygens (including phenoxy) is 3. The van der Waals surface area contributed by atoms with E-state index in [1.807, 2.05) is 25.1 Å². The fourth-order valence-electron chi connectivity index (χ4n) is 2.84. The minimum Gasteiger partial charge on any atom is -0.496 e. The predicted molar refractivity (Wildman–Crippen MR) is 112 cm³/mol. The minimum absolute atomic E-state index is 0.487. The van der Waals surface area contributed by atoms with Crippen LogP contribution in [0.15, 0.2) is 23.3 Å². The summed E-state index contributed by atoms with van der Waals surface area (Å²) < 4.78 is 15.9. The summed E-state index contributed by atoms with van der Waals surface area (Å²) in [6, 6.07) is 5.91. The van der Waals surface area contributed by atoms with Crippen LogP contribution in [0.5, 0.6) is 5.75 Å². The molecule has 0 spiro atoms. The standard InChI is InChI=1S/C19H30N4O3S/c1-15(16-5-6-18(25-3)17(13-16)14-24-2)21-22-19(27)20-7-4-8-23-9-11-26-12-10-23/h5-6,13H,4,7-12,14H2,1-3H3,(H2,20,22,27)/b21-15-. The number of hydrogen-bond donors (Lipinski definition) is 2. The van der Waals surface area contributed by atoms with Gasteiger partial charge in [-0.05, 0) is 55.9 Å². The second kappa shape index (κ2) is 11.9. The molecule has 1 fully saturated rings. The molecule has 27 heavy (non-hydrogen) atoms. The number of nitrogens with one attached hydrogen (secondary N) is 2. The third-order valence-corrected chi connectivity index (χ3v) is 4.60. The Bertz CT molecular complexity index is 633. The molecule has 2 N–H and O–H groups in total. The molecular weight excluding hydrogens is 364 g/mol. The van der Waals surface area contributed by atoms with Gasteiger partial charge in [0.25, 0.3) is 0 Å². The van der Waals surface area contributed by atoms with Crippen molar-refractivity contribution in [3.63, 3.8) is 0 Å². The molecule has 0 radical (unpaired) electrons. The first kappa shape index (κ1) is 21.6. The summed E-state index contributed by atoms with van der Waals surface area (Å²) in [7, 11) is 3.32. The Morgan fingerprint density at radius 2 is 2.07 bits per heavy atom. The first-order valence-electron chi connectivity index (χ1n) is 9.18. The van der Waals surface area contributed by atoms with Gasteiger partial charge in [0.15, 0.2) is 5.11 Å².